The van der Waals surface area contributed by atoms with Crippen LogP contribution in [0.25, 0.3) is 0 Å². The molecule has 1 aliphatic rings. The molecule has 1 atom stereocenters. The summed E-state index contributed by atoms with van der Waals surface area (Å²) in [6.45, 7) is 3.30. The van der Waals surface area contributed by atoms with E-state index >= 15 is 0 Å². The second-order valence-corrected chi connectivity index (χ2v) is 3.73. The van der Waals surface area contributed by atoms with Crippen molar-refractivity contribution in [2.75, 3.05) is 6.54 Å². The van der Waals surface area contributed by atoms with E-state index in [0.717, 1.165) is 6.54 Å². The zero-order valence-corrected chi connectivity index (χ0v) is 8.09. The van der Waals surface area contributed by atoms with Crippen LogP contribution < -0.4 is 5.32 Å². The predicted octanol–water partition coefficient (Wildman–Crippen LogP) is 2.20. The number of hydrogen-bond donors (Lipinski definition) is 1. The average molecular weight is 176 g/mol. The van der Waals surface area contributed by atoms with E-state index in [2.05, 4.69) is 23.3 Å². The predicted molar refractivity (Wildman–Crippen MR) is 53.6 cm³/mol. The molecular formula is C11H16N2. The van der Waals surface area contributed by atoms with Crippen molar-refractivity contribution in [3.63, 3.8) is 0 Å². The summed E-state index contributed by atoms with van der Waals surface area (Å²) in [7, 11) is 0. The van der Waals surface area contributed by atoms with Crippen LogP contribution in [-0.4, -0.2) is 11.5 Å². The first kappa shape index (κ1) is 8.70. The summed E-state index contributed by atoms with van der Waals surface area (Å²) in [5.41, 5.74) is 2.73. The maximum Gasteiger partial charge on any atom is 0.0324 e. The van der Waals surface area contributed by atoms with Crippen LogP contribution in [0.1, 0.15) is 36.4 Å². The topological polar surface area (TPSA) is 24.9 Å². The zero-order chi connectivity index (χ0) is 9.10. The normalized spacial score (nSPS) is 23.0. The van der Waals surface area contributed by atoms with Crippen molar-refractivity contribution in [1.82, 2.24) is 10.3 Å². The van der Waals surface area contributed by atoms with Crippen LogP contribution in [-0.2, 0) is 0 Å². The minimum Gasteiger partial charge on any atom is -0.310 e. The number of nitrogens with zero attached hydrogens (tertiary/aromatic N) is 1. The van der Waals surface area contributed by atoms with Crippen molar-refractivity contribution in [2.24, 2.45) is 0 Å². The molecule has 0 saturated carbocycles. The van der Waals surface area contributed by atoms with Crippen LogP contribution >= 0.6 is 0 Å². The molecule has 0 spiro atoms. The fraction of sp³-hybridized carbons (Fsp3) is 0.545. The van der Waals surface area contributed by atoms with Crippen molar-refractivity contribution in [2.45, 2.75) is 32.2 Å². The molecule has 0 aliphatic carbocycles. The highest BCUT2D eigenvalue weighted by atomic mass is 14.9. The molecule has 1 N–H and O–H groups in total. The first-order chi connectivity index (χ1) is 6.38. The van der Waals surface area contributed by atoms with E-state index in [-0.39, 0.29) is 0 Å². The van der Waals surface area contributed by atoms with Crippen LogP contribution in [0.2, 0.25) is 0 Å². The SMILES string of the molecule is Cc1cnccc1C1CCCCN1. The van der Waals surface area contributed by atoms with Crippen molar-refractivity contribution >= 4 is 0 Å². The van der Waals surface area contributed by atoms with E-state index in [1.807, 2.05) is 12.4 Å². The largest absolute Gasteiger partial charge is 0.310 e. The molecule has 13 heavy (non-hydrogen) atoms. The van der Waals surface area contributed by atoms with Gasteiger partial charge in [-0.05, 0) is 43.5 Å². The fourth-order valence-corrected chi connectivity index (χ4v) is 1.99. The summed E-state index contributed by atoms with van der Waals surface area (Å²) in [5.74, 6) is 0. The summed E-state index contributed by atoms with van der Waals surface area (Å²) in [5, 5.41) is 3.55. The minimum absolute atomic E-state index is 0.566. The highest BCUT2D eigenvalue weighted by molar-refractivity contribution is 5.25. The Hall–Kier alpha value is -0.890. The molecule has 1 saturated heterocycles. The summed E-state index contributed by atoms with van der Waals surface area (Å²) in [6.07, 6.45) is 7.77. The van der Waals surface area contributed by atoms with Gasteiger partial charge in [-0.1, -0.05) is 6.42 Å². The summed E-state index contributed by atoms with van der Waals surface area (Å²) >= 11 is 0. The molecule has 1 unspecified atom stereocenters. The molecule has 0 radical (unpaired) electrons. The van der Waals surface area contributed by atoms with Crippen molar-refractivity contribution in [3.8, 4) is 0 Å². The molecule has 2 rings (SSSR count). The van der Waals surface area contributed by atoms with Gasteiger partial charge in [0.25, 0.3) is 0 Å². The Morgan fingerprint density at radius 2 is 2.38 bits per heavy atom. The van der Waals surface area contributed by atoms with Gasteiger partial charge >= 0.3 is 0 Å². The Bertz CT molecular complexity index is 277. The van der Waals surface area contributed by atoms with E-state index in [9.17, 15) is 0 Å². The molecule has 1 aliphatic heterocycles. The van der Waals surface area contributed by atoms with Gasteiger partial charge in [0, 0.05) is 18.4 Å². The molecular weight excluding hydrogens is 160 g/mol. The average Bonchev–Trinajstić information content (AvgIpc) is 2.20. The molecule has 2 nitrogen and oxygen atoms in total. The van der Waals surface area contributed by atoms with E-state index in [1.54, 1.807) is 0 Å². The van der Waals surface area contributed by atoms with Gasteiger partial charge in [-0.25, -0.2) is 0 Å². The van der Waals surface area contributed by atoms with Crippen molar-refractivity contribution in [1.29, 1.82) is 0 Å². The Morgan fingerprint density at radius 3 is 3.08 bits per heavy atom. The number of pyridine rings is 1. The Kier molecular flexibility index (Phi) is 2.60. The van der Waals surface area contributed by atoms with E-state index in [0.29, 0.717) is 6.04 Å². The van der Waals surface area contributed by atoms with E-state index in [4.69, 9.17) is 0 Å². The number of hydrogen-bond acceptors (Lipinski definition) is 2. The monoisotopic (exact) mass is 176 g/mol. The molecule has 70 valence electrons. The number of aryl methyl sites for hydroxylation is 1. The summed E-state index contributed by atoms with van der Waals surface area (Å²) in [6, 6.07) is 2.70. The number of rotatable bonds is 1. The molecule has 1 aromatic heterocycles. The lowest BCUT2D eigenvalue weighted by atomic mass is 9.96. The molecule has 1 fully saturated rings. The quantitative estimate of drug-likeness (QED) is 0.709. The maximum absolute atomic E-state index is 4.11. The highest BCUT2D eigenvalue weighted by Gasteiger charge is 2.15. The van der Waals surface area contributed by atoms with Crippen LogP contribution in [0.5, 0.6) is 0 Å². The Labute approximate surface area is 79.4 Å². The molecule has 0 aromatic carbocycles. The lowest BCUT2D eigenvalue weighted by molar-refractivity contribution is 0.411. The molecule has 0 bridgehead atoms. The van der Waals surface area contributed by atoms with Crippen LogP contribution in [0, 0.1) is 6.92 Å². The fourth-order valence-electron chi connectivity index (χ4n) is 1.99. The summed E-state index contributed by atoms with van der Waals surface area (Å²) < 4.78 is 0. The smallest absolute Gasteiger partial charge is 0.0324 e. The lowest BCUT2D eigenvalue weighted by Crippen LogP contribution is -2.27. The van der Waals surface area contributed by atoms with E-state index < -0.39 is 0 Å². The standard InChI is InChI=1S/C11H16N2/c1-9-8-12-7-5-10(9)11-4-2-3-6-13-11/h5,7-8,11,13H,2-4,6H2,1H3. The van der Waals surface area contributed by atoms with Crippen LogP contribution in [0.15, 0.2) is 18.5 Å². The molecule has 2 heterocycles. The Balaban J connectivity index is 2.18. The van der Waals surface area contributed by atoms with Crippen molar-refractivity contribution < 1.29 is 0 Å². The number of nitrogens with one attached hydrogen (secondary N) is 1. The van der Waals surface area contributed by atoms with Gasteiger partial charge < -0.3 is 5.32 Å². The molecule has 1 aromatic rings. The molecule has 0 amide bonds. The third-order valence-corrected chi connectivity index (χ3v) is 2.75. The number of aromatic nitrogens is 1. The van der Waals surface area contributed by atoms with E-state index in [1.165, 1.54) is 30.4 Å². The van der Waals surface area contributed by atoms with Gasteiger partial charge in [0.1, 0.15) is 0 Å². The minimum atomic E-state index is 0.566. The lowest BCUT2D eigenvalue weighted by Gasteiger charge is -2.24. The van der Waals surface area contributed by atoms with Gasteiger partial charge in [0.15, 0.2) is 0 Å². The van der Waals surface area contributed by atoms with Gasteiger partial charge in [-0.15, -0.1) is 0 Å². The Morgan fingerprint density at radius 1 is 1.46 bits per heavy atom. The zero-order valence-electron chi connectivity index (χ0n) is 8.09. The third kappa shape index (κ3) is 1.89. The van der Waals surface area contributed by atoms with Gasteiger partial charge in [0.2, 0.25) is 0 Å². The highest BCUT2D eigenvalue weighted by Crippen LogP contribution is 2.24. The first-order valence-electron chi connectivity index (χ1n) is 5.02. The third-order valence-electron chi connectivity index (χ3n) is 2.75. The van der Waals surface area contributed by atoms with Gasteiger partial charge in [-0.2, -0.15) is 0 Å². The van der Waals surface area contributed by atoms with Crippen LogP contribution in [0.3, 0.4) is 0 Å². The summed E-state index contributed by atoms with van der Waals surface area (Å²) in [4.78, 5) is 4.11. The molecule has 2 heteroatoms. The van der Waals surface area contributed by atoms with Gasteiger partial charge in [0.05, 0.1) is 0 Å². The van der Waals surface area contributed by atoms with Gasteiger partial charge in [-0.3, -0.25) is 4.98 Å². The first-order valence-corrected chi connectivity index (χ1v) is 5.02. The van der Waals surface area contributed by atoms with Crippen LogP contribution in [0.4, 0.5) is 0 Å². The maximum atomic E-state index is 4.11. The van der Waals surface area contributed by atoms with Crippen molar-refractivity contribution in [3.05, 3.63) is 29.6 Å². The number of piperidine rings is 1. The second-order valence-electron chi connectivity index (χ2n) is 3.73. The second kappa shape index (κ2) is 3.88.